The molecule has 0 saturated heterocycles. The van der Waals surface area contributed by atoms with Gasteiger partial charge in [0, 0.05) is 23.1 Å². The van der Waals surface area contributed by atoms with Crippen LogP contribution in [0.2, 0.25) is 0 Å². The van der Waals surface area contributed by atoms with Crippen LogP contribution in [0.5, 0.6) is 0 Å². The number of aryl methyl sites for hydroxylation is 1. The quantitative estimate of drug-likeness (QED) is 0.165. The molecule has 1 nitrogen and oxygen atoms in total. The van der Waals surface area contributed by atoms with E-state index in [2.05, 4.69) is 182 Å². The number of hydrogen-bond acceptors (Lipinski definition) is 1. The van der Waals surface area contributed by atoms with E-state index in [-0.39, 0.29) is 0 Å². The molecule has 0 heterocycles. The van der Waals surface area contributed by atoms with Gasteiger partial charge in [0.25, 0.3) is 0 Å². The third kappa shape index (κ3) is 11.1. The smallest absolute Gasteiger partial charge is 0.0456 e. The van der Waals surface area contributed by atoms with Crippen molar-refractivity contribution in [2.45, 2.75) is 48.5 Å². The highest BCUT2D eigenvalue weighted by atomic mass is 15.1. The molecule has 0 bridgehead atoms. The second kappa shape index (κ2) is 20.9. The largest absolute Gasteiger partial charge is 0.317 e. The third-order valence-electron chi connectivity index (χ3n) is 6.40. The Hall–Kier alpha value is -4.88. The first-order chi connectivity index (χ1) is 21.8. The summed E-state index contributed by atoms with van der Waals surface area (Å²) in [5.74, 6) is 0. The van der Waals surface area contributed by atoms with Crippen LogP contribution < -0.4 is 4.90 Å². The maximum Gasteiger partial charge on any atom is 0.0456 e. The van der Waals surface area contributed by atoms with Crippen LogP contribution in [0.4, 0.5) is 11.4 Å². The maximum absolute atomic E-state index is 2.26. The van der Waals surface area contributed by atoms with Gasteiger partial charge in [0.2, 0.25) is 0 Å². The zero-order valence-corrected chi connectivity index (χ0v) is 27.6. The lowest BCUT2D eigenvalue weighted by atomic mass is 9.98. The summed E-state index contributed by atoms with van der Waals surface area (Å²) in [5, 5.41) is 0. The highest BCUT2D eigenvalue weighted by molar-refractivity contribution is 5.84. The monoisotopic (exact) mass is 579 g/mol. The molecule has 0 aliphatic carbocycles. The second-order valence-corrected chi connectivity index (χ2v) is 9.20. The SMILES string of the molecule is CC.CC.CC.Cc1ccc(/C=C/C=C/c2ccc(N(C=C(c3ccccc3)c3ccccc3)c3ccccc3)cc2)cc1. The standard InChI is InChI=1S/C37H31N.3C2H6/c1-30-21-23-31(24-22-30)13-11-12-14-32-25-27-36(28-26-32)38(35-19-9-4-10-20-35)29-37(33-15-5-2-6-16-33)34-17-7-3-8-18-34;3*1-2/h2-29H,1H3;3*1-2H3/b13-11+,14-12+;;;. The molecule has 0 amide bonds. The fourth-order valence-corrected chi connectivity index (χ4v) is 4.32. The molecule has 0 atom stereocenters. The molecule has 5 aromatic carbocycles. The lowest BCUT2D eigenvalue weighted by Crippen LogP contribution is -2.10. The first-order valence-corrected chi connectivity index (χ1v) is 15.9. The topological polar surface area (TPSA) is 3.24 Å². The van der Waals surface area contributed by atoms with E-state index < -0.39 is 0 Å². The predicted octanol–water partition coefficient (Wildman–Crippen LogP) is 13.0. The summed E-state index contributed by atoms with van der Waals surface area (Å²) in [7, 11) is 0. The predicted molar refractivity (Wildman–Crippen MR) is 198 cm³/mol. The van der Waals surface area contributed by atoms with Crippen LogP contribution in [0.1, 0.15) is 69.4 Å². The van der Waals surface area contributed by atoms with E-state index in [4.69, 9.17) is 0 Å². The maximum atomic E-state index is 2.26. The lowest BCUT2D eigenvalue weighted by molar-refractivity contribution is 1.28. The van der Waals surface area contributed by atoms with Crippen LogP contribution >= 0.6 is 0 Å². The van der Waals surface area contributed by atoms with Crippen LogP contribution in [0.3, 0.4) is 0 Å². The van der Waals surface area contributed by atoms with Crippen molar-refractivity contribution in [2.75, 3.05) is 4.90 Å². The van der Waals surface area contributed by atoms with Gasteiger partial charge in [0.05, 0.1) is 0 Å². The van der Waals surface area contributed by atoms with Gasteiger partial charge in [-0.25, -0.2) is 0 Å². The number of hydrogen-bond donors (Lipinski definition) is 0. The fourth-order valence-electron chi connectivity index (χ4n) is 4.32. The Morgan fingerprint density at radius 2 is 0.795 bits per heavy atom. The molecular formula is C43H49N. The van der Waals surface area contributed by atoms with Crippen molar-refractivity contribution < 1.29 is 0 Å². The van der Waals surface area contributed by atoms with Crippen LogP contribution in [-0.4, -0.2) is 0 Å². The Morgan fingerprint density at radius 3 is 1.23 bits per heavy atom. The highest BCUT2D eigenvalue weighted by Gasteiger charge is 2.11. The van der Waals surface area contributed by atoms with Crippen LogP contribution in [0.15, 0.2) is 158 Å². The van der Waals surface area contributed by atoms with Gasteiger partial charge in [-0.3, -0.25) is 0 Å². The number of para-hydroxylation sites is 1. The van der Waals surface area contributed by atoms with Gasteiger partial charge in [0.15, 0.2) is 0 Å². The molecule has 0 aromatic heterocycles. The molecule has 44 heavy (non-hydrogen) atoms. The number of allylic oxidation sites excluding steroid dienone is 2. The fraction of sp³-hybridized carbons (Fsp3) is 0.163. The summed E-state index contributed by atoms with van der Waals surface area (Å²) in [6.45, 7) is 14.1. The molecule has 5 rings (SSSR count). The van der Waals surface area contributed by atoms with Gasteiger partial charge < -0.3 is 4.90 Å². The van der Waals surface area contributed by atoms with Crippen molar-refractivity contribution in [2.24, 2.45) is 0 Å². The first-order valence-electron chi connectivity index (χ1n) is 15.9. The number of nitrogens with zero attached hydrogens (tertiary/aromatic N) is 1. The minimum absolute atomic E-state index is 1.10. The number of rotatable bonds is 8. The summed E-state index contributed by atoms with van der Waals surface area (Å²) in [6.07, 6.45) is 10.7. The molecule has 0 N–H and O–H groups in total. The molecule has 5 aromatic rings. The van der Waals surface area contributed by atoms with Gasteiger partial charge in [0.1, 0.15) is 0 Å². The molecule has 0 unspecified atom stereocenters. The lowest BCUT2D eigenvalue weighted by Gasteiger charge is -2.23. The normalized spacial score (nSPS) is 9.98. The molecule has 0 fully saturated rings. The van der Waals surface area contributed by atoms with Gasteiger partial charge in [-0.2, -0.15) is 0 Å². The minimum atomic E-state index is 1.10. The molecule has 0 spiro atoms. The van der Waals surface area contributed by atoms with Crippen molar-refractivity contribution in [3.8, 4) is 0 Å². The third-order valence-corrected chi connectivity index (χ3v) is 6.40. The van der Waals surface area contributed by atoms with E-state index in [0.717, 1.165) is 16.9 Å². The van der Waals surface area contributed by atoms with Crippen molar-refractivity contribution in [3.63, 3.8) is 0 Å². The second-order valence-electron chi connectivity index (χ2n) is 9.20. The molecule has 0 aliphatic heterocycles. The van der Waals surface area contributed by atoms with E-state index in [1.165, 1.54) is 27.8 Å². The summed E-state index contributed by atoms with van der Waals surface area (Å²) >= 11 is 0. The van der Waals surface area contributed by atoms with Crippen molar-refractivity contribution in [1.82, 2.24) is 0 Å². The molecule has 1 heteroatoms. The average molecular weight is 580 g/mol. The molecule has 0 saturated carbocycles. The summed E-state index contributed by atoms with van der Waals surface area (Å²) in [6, 6.07) is 48.9. The zero-order valence-electron chi connectivity index (χ0n) is 27.6. The zero-order chi connectivity index (χ0) is 32.0. The average Bonchev–Trinajstić information content (AvgIpc) is 3.12. The van der Waals surface area contributed by atoms with Crippen molar-refractivity contribution in [3.05, 3.63) is 186 Å². The van der Waals surface area contributed by atoms with Gasteiger partial charge in [-0.15, -0.1) is 0 Å². The van der Waals surface area contributed by atoms with Crippen molar-refractivity contribution >= 4 is 29.1 Å². The van der Waals surface area contributed by atoms with Crippen LogP contribution in [0, 0.1) is 6.92 Å². The Morgan fingerprint density at radius 1 is 0.432 bits per heavy atom. The van der Waals surface area contributed by atoms with Crippen LogP contribution in [-0.2, 0) is 0 Å². The van der Waals surface area contributed by atoms with Gasteiger partial charge in [-0.1, -0.05) is 187 Å². The first kappa shape index (κ1) is 35.3. The summed E-state index contributed by atoms with van der Waals surface area (Å²) in [4.78, 5) is 2.26. The Bertz CT molecular complexity index is 1470. The van der Waals surface area contributed by atoms with E-state index in [9.17, 15) is 0 Å². The van der Waals surface area contributed by atoms with E-state index >= 15 is 0 Å². The molecule has 0 radical (unpaired) electrons. The van der Waals surface area contributed by atoms with Gasteiger partial charge >= 0.3 is 0 Å². The van der Waals surface area contributed by atoms with E-state index in [1.807, 2.05) is 41.5 Å². The Kier molecular flexibility index (Phi) is 16.8. The molecule has 0 aliphatic rings. The summed E-state index contributed by atoms with van der Waals surface area (Å²) < 4.78 is 0. The number of anilines is 2. The van der Waals surface area contributed by atoms with E-state index in [0.29, 0.717) is 0 Å². The van der Waals surface area contributed by atoms with Gasteiger partial charge in [-0.05, 0) is 53.4 Å². The van der Waals surface area contributed by atoms with Crippen molar-refractivity contribution in [1.29, 1.82) is 0 Å². The molecule has 226 valence electrons. The minimum Gasteiger partial charge on any atom is -0.317 e. The number of benzene rings is 5. The Balaban J connectivity index is 0.00000106. The van der Waals surface area contributed by atoms with E-state index in [1.54, 1.807) is 0 Å². The summed E-state index contributed by atoms with van der Waals surface area (Å²) in [5.41, 5.74) is 9.38. The highest BCUT2D eigenvalue weighted by Crippen LogP contribution is 2.31. The molecular weight excluding hydrogens is 530 g/mol. The Labute approximate surface area is 267 Å². The van der Waals surface area contributed by atoms with Crippen LogP contribution in [0.25, 0.3) is 17.7 Å².